The van der Waals surface area contributed by atoms with Crippen molar-refractivity contribution < 1.29 is 0 Å². The molecule has 0 saturated carbocycles. The molecule has 13 heavy (non-hydrogen) atoms. The third-order valence-corrected chi connectivity index (χ3v) is 4.07. The fourth-order valence-corrected chi connectivity index (χ4v) is 3.06. The second-order valence-corrected chi connectivity index (χ2v) is 5.38. The molecule has 1 aliphatic carbocycles. The summed E-state index contributed by atoms with van der Waals surface area (Å²) in [5.74, 6) is 1.64. The van der Waals surface area contributed by atoms with Crippen LogP contribution in [0.5, 0.6) is 0 Å². The molecule has 2 aliphatic rings. The lowest BCUT2D eigenvalue weighted by atomic mass is 9.67. The van der Waals surface area contributed by atoms with E-state index in [4.69, 9.17) is 0 Å². The third-order valence-electron chi connectivity index (χ3n) is 4.07. The maximum absolute atomic E-state index is 3.75. The highest BCUT2D eigenvalue weighted by molar-refractivity contribution is 5.16. The molecule has 2 bridgehead atoms. The number of hydrogen-bond donors (Lipinski definition) is 1. The van der Waals surface area contributed by atoms with Crippen LogP contribution in [0.25, 0.3) is 0 Å². The van der Waals surface area contributed by atoms with Gasteiger partial charge >= 0.3 is 0 Å². The summed E-state index contributed by atoms with van der Waals surface area (Å²) in [6, 6.07) is 0.655. The largest absolute Gasteiger partial charge is 0.308 e. The maximum atomic E-state index is 3.75. The molecule has 0 unspecified atom stereocenters. The van der Waals surface area contributed by atoms with Gasteiger partial charge in [-0.1, -0.05) is 11.6 Å². The Labute approximate surface area is 81.6 Å². The van der Waals surface area contributed by atoms with Crippen LogP contribution in [0.15, 0.2) is 11.6 Å². The van der Waals surface area contributed by atoms with Gasteiger partial charge in [0.25, 0.3) is 0 Å². The van der Waals surface area contributed by atoms with Crippen LogP contribution in [0, 0.1) is 11.8 Å². The first-order valence-electron chi connectivity index (χ1n) is 5.45. The number of rotatable bonds is 0. The quantitative estimate of drug-likeness (QED) is 0.564. The topological polar surface area (TPSA) is 12.0 Å². The van der Waals surface area contributed by atoms with Gasteiger partial charge in [-0.15, -0.1) is 0 Å². The van der Waals surface area contributed by atoms with E-state index in [9.17, 15) is 0 Å². The zero-order valence-corrected chi connectivity index (χ0v) is 9.22. The van der Waals surface area contributed by atoms with Crippen LogP contribution in [0.3, 0.4) is 0 Å². The van der Waals surface area contributed by atoms with E-state index >= 15 is 0 Å². The SMILES string of the molecule is CC1=CC[C@H]2C[C@@H]1[C@H](C)NC2(C)C. The zero-order valence-electron chi connectivity index (χ0n) is 9.22. The molecular formula is C12H21N. The van der Waals surface area contributed by atoms with Crippen LogP contribution in [0.4, 0.5) is 0 Å². The Balaban J connectivity index is 2.27. The van der Waals surface area contributed by atoms with Crippen LogP contribution in [-0.4, -0.2) is 11.6 Å². The Kier molecular flexibility index (Phi) is 2.03. The average Bonchev–Trinajstić information content (AvgIpc) is 2.02. The zero-order chi connectivity index (χ0) is 9.64. The minimum absolute atomic E-state index is 0.340. The van der Waals surface area contributed by atoms with Crippen molar-refractivity contribution in [3.63, 3.8) is 0 Å². The molecular weight excluding hydrogens is 158 g/mol. The van der Waals surface area contributed by atoms with E-state index < -0.39 is 0 Å². The van der Waals surface area contributed by atoms with Crippen molar-refractivity contribution in [3.05, 3.63) is 11.6 Å². The minimum atomic E-state index is 0.340. The molecule has 1 nitrogen and oxygen atoms in total. The Morgan fingerprint density at radius 2 is 2.15 bits per heavy atom. The Morgan fingerprint density at radius 1 is 1.46 bits per heavy atom. The standard InChI is InChI=1S/C12H21N/c1-8-5-6-10-7-11(8)9(2)13-12(10,3)4/h5,9-11,13H,6-7H2,1-4H3/t9-,10-,11-/m0/s1. The normalized spacial score (nSPS) is 42.8. The number of hydrogen-bond acceptors (Lipinski definition) is 1. The molecule has 1 aliphatic heterocycles. The first kappa shape index (κ1) is 9.26. The number of allylic oxidation sites excluding steroid dienone is 1. The summed E-state index contributed by atoms with van der Waals surface area (Å²) < 4.78 is 0. The smallest absolute Gasteiger partial charge is 0.0159 e. The van der Waals surface area contributed by atoms with E-state index in [-0.39, 0.29) is 0 Å². The van der Waals surface area contributed by atoms with Crippen LogP contribution in [0.1, 0.15) is 40.5 Å². The second-order valence-electron chi connectivity index (χ2n) is 5.38. The predicted octanol–water partition coefficient (Wildman–Crippen LogP) is 2.73. The molecule has 1 fully saturated rings. The lowest BCUT2D eigenvalue weighted by molar-refractivity contribution is 0.117. The van der Waals surface area contributed by atoms with Crippen LogP contribution in [0.2, 0.25) is 0 Å². The molecule has 0 radical (unpaired) electrons. The molecule has 0 aromatic rings. The molecule has 74 valence electrons. The number of nitrogens with one attached hydrogen (secondary N) is 1. The Hall–Kier alpha value is -0.300. The fourth-order valence-electron chi connectivity index (χ4n) is 3.06. The Bertz CT molecular complexity index is 240. The number of piperidine rings is 1. The van der Waals surface area contributed by atoms with Crippen molar-refractivity contribution in [1.82, 2.24) is 5.32 Å². The lowest BCUT2D eigenvalue weighted by Gasteiger charge is -2.49. The minimum Gasteiger partial charge on any atom is -0.308 e. The summed E-state index contributed by atoms with van der Waals surface area (Å²) >= 11 is 0. The molecule has 0 aromatic carbocycles. The molecule has 0 amide bonds. The molecule has 0 aromatic heterocycles. The van der Waals surface area contributed by atoms with Crippen molar-refractivity contribution in [1.29, 1.82) is 0 Å². The van der Waals surface area contributed by atoms with Gasteiger partial charge in [0.05, 0.1) is 0 Å². The summed E-state index contributed by atoms with van der Waals surface area (Å²) in [5.41, 5.74) is 1.94. The lowest BCUT2D eigenvalue weighted by Crippen LogP contribution is -2.58. The van der Waals surface area contributed by atoms with Crippen LogP contribution >= 0.6 is 0 Å². The Morgan fingerprint density at radius 3 is 2.85 bits per heavy atom. The summed E-state index contributed by atoms with van der Waals surface area (Å²) in [4.78, 5) is 0. The molecule has 0 spiro atoms. The van der Waals surface area contributed by atoms with Gasteiger partial charge in [0.1, 0.15) is 0 Å². The predicted molar refractivity (Wildman–Crippen MR) is 56.6 cm³/mol. The van der Waals surface area contributed by atoms with Gasteiger partial charge in [0.2, 0.25) is 0 Å². The first-order valence-corrected chi connectivity index (χ1v) is 5.45. The van der Waals surface area contributed by atoms with Gasteiger partial charge in [0.15, 0.2) is 0 Å². The van der Waals surface area contributed by atoms with Gasteiger partial charge < -0.3 is 5.32 Å². The van der Waals surface area contributed by atoms with Gasteiger partial charge in [-0.3, -0.25) is 0 Å². The van der Waals surface area contributed by atoms with Crippen LogP contribution in [-0.2, 0) is 0 Å². The molecule has 1 heterocycles. The van der Waals surface area contributed by atoms with E-state index in [0.717, 1.165) is 11.8 Å². The highest BCUT2D eigenvalue weighted by atomic mass is 15.0. The van der Waals surface area contributed by atoms with E-state index in [0.29, 0.717) is 11.6 Å². The summed E-state index contributed by atoms with van der Waals surface area (Å²) in [5, 5.41) is 3.75. The highest BCUT2D eigenvalue weighted by Gasteiger charge is 2.41. The highest BCUT2D eigenvalue weighted by Crippen LogP contribution is 2.41. The van der Waals surface area contributed by atoms with E-state index in [1.807, 2.05) is 0 Å². The fraction of sp³-hybridized carbons (Fsp3) is 0.833. The van der Waals surface area contributed by atoms with E-state index in [1.165, 1.54) is 12.8 Å². The van der Waals surface area contributed by atoms with Crippen molar-refractivity contribution in [2.24, 2.45) is 11.8 Å². The van der Waals surface area contributed by atoms with Crippen molar-refractivity contribution in [3.8, 4) is 0 Å². The monoisotopic (exact) mass is 179 g/mol. The average molecular weight is 179 g/mol. The van der Waals surface area contributed by atoms with Crippen molar-refractivity contribution >= 4 is 0 Å². The van der Waals surface area contributed by atoms with Gasteiger partial charge in [0, 0.05) is 11.6 Å². The van der Waals surface area contributed by atoms with Crippen LogP contribution < -0.4 is 5.32 Å². The summed E-state index contributed by atoms with van der Waals surface area (Å²) in [6.45, 7) is 9.31. The summed E-state index contributed by atoms with van der Waals surface area (Å²) in [7, 11) is 0. The summed E-state index contributed by atoms with van der Waals surface area (Å²) in [6.07, 6.45) is 5.12. The number of fused-ring (bicyclic) bond motifs is 2. The molecule has 1 N–H and O–H groups in total. The second kappa shape index (κ2) is 2.84. The molecule has 3 atom stereocenters. The molecule has 1 saturated heterocycles. The van der Waals surface area contributed by atoms with E-state index in [2.05, 4.69) is 39.1 Å². The maximum Gasteiger partial charge on any atom is 0.0159 e. The van der Waals surface area contributed by atoms with Gasteiger partial charge in [-0.25, -0.2) is 0 Å². The third kappa shape index (κ3) is 1.43. The van der Waals surface area contributed by atoms with Crippen molar-refractivity contribution in [2.45, 2.75) is 52.1 Å². The van der Waals surface area contributed by atoms with Crippen molar-refractivity contribution in [2.75, 3.05) is 0 Å². The van der Waals surface area contributed by atoms with Gasteiger partial charge in [-0.05, 0) is 52.4 Å². The molecule has 2 rings (SSSR count). The first-order chi connectivity index (χ1) is 6.00. The van der Waals surface area contributed by atoms with Gasteiger partial charge in [-0.2, -0.15) is 0 Å². The van der Waals surface area contributed by atoms with E-state index in [1.54, 1.807) is 5.57 Å². The molecule has 1 heteroatoms.